The quantitative estimate of drug-likeness (QED) is 0.878. The normalized spacial score (nSPS) is 16.7. The summed E-state index contributed by atoms with van der Waals surface area (Å²) in [5.41, 5.74) is 5.88. The molecule has 1 saturated heterocycles. The number of aromatic nitrogens is 1. The molecule has 0 aliphatic carbocycles. The highest BCUT2D eigenvalue weighted by Crippen LogP contribution is 2.29. The van der Waals surface area contributed by atoms with Crippen molar-refractivity contribution in [2.75, 3.05) is 57.5 Å². The van der Waals surface area contributed by atoms with Gasteiger partial charge in [0.1, 0.15) is 10.7 Å². The molecule has 0 unspecified atom stereocenters. The molecule has 1 fully saturated rings. The van der Waals surface area contributed by atoms with Crippen molar-refractivity contribution in [3.63, 3.8) is 0 Å². The molecule has 1 aromatic rings. The van der Waals surface area contributed by atoms with E-state index in [1.165, 1.54) is 11.3 Å². The first-order valence-corrected chi connectivity index (χ1v) is 7.29. The average molecular weight is 283 g/mol. The molecule has 7 heteroatoms. The lowest BCUT2D eigenvalue weighted by Crippen LogP contribution is -2.44. The van der Waals surface area contributed by atoms with Crippen LogP contribution in [-0.4, -0.2) is 67.5 Å². The molecule has 1 amide bonds. The summed E-state index contributed by atoms with van der Waals surface area (Å²) in [6, 6.07) is 0. The van der Waals surface area contributed by atoms with Crippen LogP contribution in [0.2, 0.25) is 0 Å². The van der Waals surface area contributed by atoms with Crippen molar-refractivity contribution >= 4 is 28.2 Å². The van der Waals surface area contributed by atoms with Gasteiger partial charge in [-0.2, -0.15) is 0 Å². The van der Waals surface area contributed by atoms with Gasteiger partial charge in [-0.15, -0.1) is 0 Å². The Labute approximate surface area is 117 Å². The maximum atomic E-state index is 12.1. The number of hydrogen-bond acceptors (Lipinski definition) is 6. The fourth-order valence-electron chi connectivity index (χ4n) is 1.92. The molecule has 0 saturated carbocycles. The first-order chi connectivity index (χ1) is 9.02. The highest BCUT2D eigenvalue weighted by Gasteiger charge is 2.23. The highest BCUT2D eigenvalue weighted by atomic mass is 32.1. The number of nitrogens with zero attached hydrogens (tertiary/aromatic N) is 4. The van der Waals surface area contributed by atoms with Gasteiger partial charge in [0.2, 0.25) is 0 Å². The van der Waals surface area contributed by atoms with E-state index >= 15 is 0 Å². The van der Waals surface area contributed by atoms with Gasteiger partial charge < -0.3 is 20.4 Å². The van der Waals surface area contributed by atoms with Gasteiger partial charge in [0.25, 0.3) is 5.91 Å². The molecule has 2 N–H and O–H groups in total. The number of nitrogens with two attached hydrogens (primary N) is 1. The van der Waals surface area contributed by atoms with E-state index in [1.54, 1.807) is 11.9 Å². The number of amides is 1. The molecule has 19 heavy (non-hydrogen) atoms. The van der Waals surface area contributed by atoms with Gasteiger partial charge in [0, 0.05) is 39.8 Å². The number of nitrogen functional groups attached to an aromatic ring is 1. The summed E-state index contributed by atoms with van der Waals surface area (Å²) in [6.45, 7) is 6.49. The van der Waals surface area contributed by atoms with Crippen molar-refractivity contribution in [1.82, 2.24) is 14.8 Å². The lowest BCUT2D eigenvalue weighted by molar-refractivity contribution is 0.0808. The molecule has 0 atom stereocenters. The summed E-state index contributed by atoms with van der Waals surface area (Å²) in [5, 5.41) is 0.860. The lowest BCUT2D eigenvalue weighted by atomic mass is 10.3. The number of hydrogen-bond donors (Lipinski definition) is 1. The second-order valence-electron chi connectivity index (χ2n) is 4.82. The van der Waals surface area contributed by atoms with Gasteiger partial charge in [-0.05, 0) is 14.0 Å². The van der Waals surface area contributed by atoms with Crippen molar-refractivity contribution in [3.8, 4) is 0 Å². The Bertz CT molecular complexity index is 453. The van der Waals surface area contributed by atoms with Crippen molar-refractivity contribution in [2.24, 2.45) is 0 Å². The molecule has 106 valence electrons. The zero-order valence-corrected chi connectivity index (χ0v) is 12.5. The molecule has 6 nitrogen and oxygen atoms in total. The fourth-order valence-corrected chi connectivity index (χ4v) is 2.95. The molecular formula is C12H21N5OS. The van der Waals surface area contributed by atoms with Gasteiger partial charge in [0.15, 0.2) is 5.13 Å². The van der Waals surface area contributed by atoms with Gasteiger partial charge in [-0.1, -0.05) is 11.3 Å². The monoisotopic (exact) mass is 283 g/mol. The number of thiazole rings is 1. The Morgan fingerprint density at radius 1 is 1.42 bits per heavy atom. The number of anilines is 2. The topological polar surface area (TPSA) is 65.7 Å². The minimum Gasteiger partial charge on any atom is -0.382 e. The summed E-state index contributed by atoms with van der Waals surface area (Å²) >= 11 is 1.40. The number of likely N-dealkylation sites (N-methyl/N-ethyl adjacent to an activating group) is 1. The Balaban J connectivity index is 2.14. The van der Waals surface area contributed by atoms with Crippen LogP contribution in [0.4, 0.5) is 10.9 Å². The van der Waals surface area contributed by atoms with E-state index in [4.69, 9.17) is 5.73 Å². The molecule has 2 heterocycles. The molecule has 0 radical (unpaired) electrons. The minimum absolute atomic E-state index is 0.0436. The van der Waals surface area contributed by atoms with Crippen LogP contribution in [0.1, 0.15) is 16.6 Å². The first-order valence-electron chi connectivity index (χ1n) is 6.48. The molecule has 1 aliphatic rings. The van der Waals surface area contributed by atoms with E-state index < -0.39 is 0 Å². The molecule has 0 spiro atoms. The highest BCUT2D eigenvalue weighted by molar-refractivity contribution is 7.18. The van der Waals surface area contributed by atoms with Crippen LogP contribution in [0.25, 0.3) is 0 Å². The first kappa shape index (κ1) is 14.1. The third-order valence-electron chi connectivity index (χ3n) is 3.43. The second kappa shape index (κ2) is 5.75. The zero-order chi connectivity index (χ0) is 14.0. The molecule has 1 aliphatic heterocycles. The van der Waals surface area contributed by atoms with Crippen molar-refractivity contribution in [2.45, 2.75) is 6.92 Å². The Hall–Kier alpha value is -1.34. The summed E-state index contributed by atoms with van der Waals surface area (Å²) in [6.07, 6.45) is 0. The summed E-state index contributed by atoms with van der Waals surface area (Å²) in [4.78, 5) is 23.2. The molecule has 0 bridgehead atoms. The number of rotatable bonds is 3. The van der Waals surface area contributed by atoms with Crippen LogP contribution in [0.3, 0.4) is 0 Å². The third-order valence-corrected chi connectivity index (χ3v) is 4.55. The predicted molar refractivity (Wildman–Crippen MR) is 78.9 cm³/mol. The Kier molecular flexibility index (Phi) is 4.26. The van der Waals surface area contributed by atoms with Crippen LogP contribution >= 0.6 is 11.3 Å². The summed E-state index contributed by atoms with van der Waals surface area (Å²) < 4.78 is 0. The Morgan fingerprint density at radius 2 is 2.05 bits per heavy atom. The smallest absolute Gasteiger partial charge is 0.267 e. The van der Waals surface area contributed by atoms with Crippen molar-refractivity contribution in [1.29, 1.82) is 0 Å². The van der Waals surface area contributed by atoms with Crippen LogP contribution < -0.4 is 10.6 Å². The van der Waals surface area contributed by atoms with Crippen LogP contribution in [-0.2, 0) is 0 Å². The lowest BCUT2D eigenvalue weighted by Gasteiger charge is -2.32. The average Bonchev–Trinajstić information content (AvgIpc) is 2.80. The second-order valence-corrected chi connectivity index (χ2v) is 5.80. The van der Waals surface area contributed by atoms with Gasteiger partial charge >= 0.3 is 0 Å². The fraction of sp³-hybridized carbons (Fsp3) is 0.667. The summed E-state index contributed by atoms with van der Waals surface area (Å²) in [7, 11) is 3.88. The number of carbonyl (C=O) groups is 1. The van der Waals surface area contributed by atoms with Crippen molar-refractivity contribution in [3.05, 3.63) is 4.88 Å². The van der Waals surface area contributed by atoms with Crippen LogP contribution in [0.15, 0.2) is 0 Å². The van der Waals surface area contributed by atoms with Gasteiger partial charge in [-0.25, -0.2) is 4.98 Å². The predicted octanol–water partition coefficient (Wildman–Crippen LogP) is 0.569. The van der Waals surface area contributed by atoms with E-state index in [9.17, 15) is 4.79 Å². The minimum atomic E-state index is -0.0436. The maximum Gasteiger partial charge on any atom is 0.267 e. The Morgan fingerprint density at radius 3 is 2.63 bits per heavy atom. The molecule has 2 rings (SSSR count). The zero-order valence-electron chi connectivity index (χ0n) is 11.7. The molecular weight excluding hydrogens is 262 g/mol. The van der Waals surface area contributed by atoms with E-state index in [0.29, 0.717) is 17.2 Å². The van der Waals surface area contributed by atoms with E-state index in [2.05, 4.69) is 21.8 Å². The maximum absolute atomic E-state index is 12.1. The van der Waals surface area contributed by atoms with E-state index in [-0.39, 0.29) is 5.91 Å². The van der Waals surface area contributed by atoms with Crippen molar-refractivity contribution < 1.29 is 4.79 Å². The molecule has 1 aromatic heterocycles. The standard InChI is InChI=1S/C12H21N5OS/c1-4-16(3)11(18)9-10(13)14-12(19-9)17-7-5-15(2)6-8-17/h4-8,13H2,1-3H3. The number of piperazine rings is 1. The van der Waals surface area contributed by atoms with E-state index in [0.717, 1.165) is 31.3 Å². The van der Waals surface area contributed by atoms with E-state index in [1.807, 2.05) is 6.92 Å². The number of carbonyl (C=O) groups excluding carboxylic acids is 1. The van der Waals surface area contributed by atoms with Gasteiger partial charge in [-0.3, -0.25) is 4.79 Å². The summed E-state index contributed by atoms with van der Waals surface area (Å²) in [5.74, 6) is 0.308. The third kappa shape index (κ3) is 2.98. The van der Waals surface area contributed by atoms with Gasteiger partial charge in [0.05, 0.1) is 0 Å². The SMILES string of the molecule is CCN(C)C(=O)c1sc(N2CCN(C)CC2)nc1N. The van der Waals surface area contributed by atoms with Crippen LogP contribution in [0.5, 0.6) is 0 Å². The largest absolute Gasteiger partial charge is 0.382 e. The molecule has 0 aromatic carbocycles. The van der Waals surface area contributed by atoms with Crippen LogP contribution in [0, 0.1) is 0 Å².